The third-order valence-electron chi connectivity index (χ3n) is 4.14. The van der Waals surface area contributed by atoms with Gasteiger partial charge >= 0.3 is 0 Å². The van der Waals surface area contributed by atoms with Crippen molar-refractivity contribution < 1.29 is 4.74 Å². The number of hydrogen-bond acceptors (Lipinski definition) is 3. The molecule has 1 aliphatic heterocycles. The fourth-order valence-corrected chi connectivity index (χ4v) is 3.10. The number of rotatable bonds is 6. The van der Waals surface area contributed by atoms with Gasteiger partial charge in [-0.25, -0.2) is 0 Å². The molecular weight excluding hydrogens is 248 g/mol. The van der Waals surface area contributed by atoms with Gasteiger partial charge in [-0.1, -0.05) is 19.1 Å². The Hall–Kier alpha value is -1.06. The molecule has 1 aromatic rings. The fraction of sp³-hybridized carbons (Fsp3) is 0.647. The van der Waals surface area contributed by atoms with Gasteiger partial charge in [0, 0.05) is 19.1 Å². The van der Waals surface area contributed by atoms with Crippen LogP contribution >= 0.6 is 0 Å². The lowest BCUT2D eigenvalue weighted by atomic mass is 10.0. The van der Waals surface area contributed by atoms with Crippen molar-refractivity contribution in [1.82, 2.24) is 10.2 Å². The van der Waals surface area contributed by atoms with Gasteiger partial charge in [-0.15, -0.1) is 0 Å². The van der Waals surface area contributed by atoms with Crippen molar-refractivity contribution in [2.45, 2.75) is 45.7 Å². The van der Waals surface area contributed by atoms with Gasteiger partial charge in [0.2, 0.25) is 0 Å². The van der Waals surface area contributed by atoms with Gasteiger partial charge in [0.15, 0.2) is 0 Å². The van der Waals surface area contributed by atoms with E-state index in [0.717, 1.165) is 18.8 Å². The highest BCUT2D eigenvalue weighted by molar-refractivity contribution is 5.36. The van der Waals surface area contributed by atoms with Crippen LogP contribution in [-0.4, -0.2) is 37.7 Å². The molecule has 112 valence electrons. The van der Waals surface area contributed by atoms with Gasteiger partial charge in [-0.05, 0) is 56.5 Å². The lowest BCUT2D eigenvalue weighted by Crippen LogP contribution is -2.45. The van der Waals surface area contributed by atoms with E-state index in [1.807, 2.05) is 0 Å². The Labute approximate surface area is 123 Å². The van der Waals surface area contributed by atoms with Gasteiger partial charge in [0.05, 0.1) is 7.11 Å². The van der Waals surface area contributed by atoms with Crippen LogP contribution in [0.2, 0.25) is 0 Å². The summed E-state index contributed by atoms with van der Waals surface area (Å²) in [6.45, 7) is 8.92. The number of piperidine rings is 1. The predicted molar refractivity (Wildman–Crippen MR) is 84.3 cm³/mol. The predicted octanol–water partition coefficient (Wildman–Crippen LogP) is 2.97. The molecule has 1 atom stereocenters. The van der Waals surface area contributed by atoms with Crippen LogP contribution in [0.15, 0.2) is 18.2 Å². The van der Waals surface area contributed by atoms with Crippen molar-refractivity contribution in [2.75, 3.05) is 26.7 Å². The van der Waals surface area contributed by atoms with Gasteiger partial charge in [-0.2, -0.15) is 0 Å². The summed E-state index contributed by atoms with van der Waals surface area (Å²) in [5, 5.41) is 3.53. The van der Waals surface area contributed by atoms with Gasteiger partial charge < -0.3 is 10.1 Å². The minimum atomic E-state index is 0.686. The van der Waals surface area contributed by atoms with Crippen molar-refractivity contribution in [3.63, 3.8) is 0 Å². The molecule has 0 amide bonds. The van der Waals surface area contributed by atoms with Gasteiger partial charge in [0.1, 0.15) is 5.75 Å². The van der Waals surface area contributed by atoms with Crippen molar-refractivity contribution in [3.8, 4) is 5.75 Å². The maximum atomic E-state index is 5.35. The maximum absolute atomic E-state index is 5.35. The largest absolute Gasteiger partial charge is 0.496 e. The standard InChI is InChI=1S/C17H28N2O/c1-4-10-19(16-6-5-9-18-12-16)13-15-7-8-17(20-3)14(2)11-15/h7-8,11,16,18H,4-6,9-10,12-13H2,1-3H3. The van der Waals surface area contributed by atoms with E-state index in [1.54, 1.807) is 7.11 Å². The molecule has 1 heterocycles. The molecule has 0 radical (unpaired) electrons. The lowest BCUT2D eigenvalue weighted by Gasteiger charge is -2.34. The van der Waals surface area contributed by atoms with Crippen LogP contribution in [0.5, 0.6) is 5.75 Å². The molecular formula is C17H28N2O. The third-order valence-corrected chi connectivity index (χ3v) is 4.14. The Kier molecular flexibility index (Phi) is 5.86. The molecule has 0 spiro atoms. The van der Waals surface area contributed by atoms with E-state index >= 15 is 0 Å². The summed E-state index contributed by atoms with van der Waals surface area (Å²) < 4.78 is 5.35. The summed E-state index contributed by atoms with van der Waals surface area (Å²) >= 11 is 0. The number of ether oxygens (including phenoxy) is 1. The van der Waals surface area contributed by atoms with Crippen LogP contribution in [0.4, 0.5) is 0 Å². The zero-order chi connectivity index (χ0) is 14.4. The first-order valence-corrected chi connectivity index (χ1v) is 7.83. The third kappa shape index (κ3) is 3.97. The van der Waals surface area contributed by atoms with E-state index < -0.39 is 0 Å². The molecule has 1 aromatic carbocycles. The molecule has 1 aliphatic rings. The number of benzene rings is 1. The van der Waals surface area contributed by atoms with Crippen LogP contribution in [0.3, 0.4) is 0 Å². The number of hydrogen-bond donors (Lipinski definition) is 1. The SMILES string of the molecule is CCCN(Cc1ccc(OC)c(C)c1)C1CCCNC1. The smallest absolute Gasteiger partial charge is 0.121 e. The average molecular weight is 276 g/mol. The van der Waals surface area contributed by atoms with Crippen LogP contribution in [0.25, 0.3) is 0 Å². The highest BCUT2D eigenvalue weighted by atomic mass is 16.5. The Balaban J connectivity index is 2.04. The van der Waals surface area contributed by atoms with E-state index in [0.29, 0.717) is 6.04 Å². The molecule has 0 bridgehead atoms. The average Bonchev–Trinajstić information content (AvgIpc) is 2.48. The van der Waals surface area contributed by atoms with Crippen molar-refractivity contribution in [3.05, 3.63) is 29.3 Å². The highest BCUT2D eigenvalue weighted by Gasteiger charge is 2.20. The molecule has 1 unspecified atom stereocenters. The highest BCUT2D eigenvalue weighted by Crippen LogP contribution is 2.21. The Morgan fingerprint density at radius 3 is 2.85 bits per heavy atom. The van der Waals surface area contributed by atoms with Crippen LogP contribution in [0.1, 0.15) is 37.3 Å². The zero-order valence-corrected chi connectivity index (χ0v) is 13.1. The lowest BCUT2D eigenvalue weighted by molar-refractivity contribution is 0.158. The first-order chi connectivity index (χ1) is 9.74. The molecule has 1 fully saturated rings. The Bertz CT molecular complexity index is 413. The summed E-state index contributed by atoms with van der Waals surface area (Å²) in [6, 6.07) is 7.24. The monoisotopic (exact) mass is 276 g/mol. The van der Waals surface area contributed by atoms with E-state index in [-0.39, 0.29) is 0 Å². The van der Waals surface area contributed by atoms with Gasteiger partial charge in [-0.3, -0.25) is 4.90 Å². The van der Waals surface area contributed by atoms with E-state index in [9.17, 15) is 0 Å². The molecule has 2 rings (SSSR count). The quantitative estimate of drug-likeness (QED) is 0.864. The Morgan fingerprint density at radius 2 is 2.25 bits per heavy atom. The summed E-state index contributed by atoms with van der Waals surface area (Å²) in [5.41, 5.74) is 2.62. The fourth-order valence-electron chi connectivity index (χ4n) is 3.10. The Morgan fingerprint density at radius 1 is 1.40 bits per heavy atom. The number of nitrogens with one attached hydrogen (secondary N) is 1. The maximum Gasteiger partial charge on any atom is 0.121 e. The molecule has 20 heavy (non-hydrogen) atoms. The van der Waals surface area contributed by atoms with Crippen LogP contribution in [-0.2, 0) is 6.54 Å². The van der Waals surface area contributed by atoms with Crippen molar-refractivity contribution in [2.24, 2.45) is 0 Å². The van der Waals surface area contributed by atoms with E-state index in [1.165, 1.54) is 43.5 Å². The molecule has 0 saturated carbocycles. The van der Waals surface area contributed by atoms with Crippen LogP contribution in [0, 0.1) is 6.92 Å². The summed E-state index contributed by atoms with van der Waals surface area (Å²) in [7, 11) is 1.74. The first-order valence-electron chi connectivity index (χ1n) is 7.83. The minimum Gasteiger partial charge on any atom is -0.496 e. The second kappa shape index (κ2) is 7.65. The zero-order valence-electron chi connectivity index (χ0n) is 13.1. The summed E-state index contributed by atoms with van der Waals surface area (Å²) in [6.07, 6.45) is 3.83. The molecule has 0 aliphatic carbocycles. The van der Waals surface area contributed by atoms with Crippen molar-refractivity contribution >= 4 is 0 Å². The molecule has 0 aromatic heterocycles. The summed E-state index contributed by atoms with van der Waals surface area (Å²) in [5.74, 6) is 0.982. The number of aryl methyl sites for hydroxylation is 1. The van der Waals surface area contributed by atoms with E-state index in [4.69, 9.17) is 4.74 Å². The number of nitrogens with zero attached hydrogens (tertiary/aromatic N) is 1. The van der Waals surface area contributed by atoms with Crippen LogP contribution < -0.4 is 10.1 Å². The second-order valence-corrected chi connectivity index (χ2v) is 5.77. The summed E-state index contributed by atoms with van der Waals surface area (Å²) in [4.78, 5) is 2.63. The molecule has 3 nitrogen and oxygen atoms in total. The van der Waals surface area contributed by atoms with Crippen molar-refractivity contribution in [1.29, 1.82) is 0 Å². The van der Waals surface area contributed by atoms with E-state index in [2.05, 4.69) is 42.3 Å². The first kappa shape index (κ1) is 15.3. The molecule has 1 N–H and O–H groups in total. The second-order valence-electron chi connectivity index (χ2n) is 5.77. The molecule has 1 saturated heterocycles. The molecule has 3 heteroatoms. The normalized spacial score (nSPS) is 19.3. The topological polar surface area (TPSA) is 24.5 Å². The van der Waals surface area contributed by atoms with Gasteiger partial charge in [0.25, 0.3) is 0 Å². The number of methoxy groups -OCH3 is 1. The minimum absolute atomic E-state index is 0.686.